The molecule has 1 heterocycles. The Bertz CT molecular complexity index is 899. The standard InChI is InChI=1S/C17H11Cl3N2O3/c18-9-1-3-11-12(7-9)17(25)22(16(11)24)6-5-15(23)21-14-8-10(19)2-4-13(14)20/h1-4,7-8H,5-6H2,(H,21,23). The summed E-state index contributed by atoms with van der Waals surface area (Å²) in [7, 11) is 0. The van der Waals surface area contributed by atoms with E-state index in [1.54, 1.807) is 18.2 Å². The van der Waals surface area contributed by atoms with Crippen molar-refractivity contribution in [2.24, 2.45) is 0 Å². The van der Waals surface area contributed by atoms with Crippen LogP contribution in [-0.4, -0.2) is 29.2 Å². The smallest absolute Gasteiger partial charge is 0.261 e. The van der Waals surface area contributed by atoms with E-state index < -0.39 is 17.7 Å². The van der Waals surface area contributed by atoms with Gasteiger partial charge in [0.25, 0.3) is 11.8 Å². The molecule has 0 radical (unpaired) electrons. The number of anilines is 1. The van der Waals surface area contributed by atoms with E-state index >= 15 is 0 Å². The highest BCUT2D eigenvalue weighted by atomic mass is 35.5. The Kier molecular flexibility index (Phi) is 4.99. The summed E-state index contributed by atoms with van der Waals surface area (Å²) in [5.41, 5.74) is 0.900. The lowest BCUT2D eigenvalue weighted by molar-refractivity contribution is -0.116. The lowest BCUT2D eigenvalue weighted by Gasteiger charge is -2.14. The highest BCUT2D eigenvalue weighted by Gasteiger charge is 2.35. The Labute approximate surface area is 158 Å². The van der Waals surface area contributed by atoms with E-state index in [1.165, 1.54) is 18.2 Å². The molecular weight excluding hydrogens is 387 g/mol. The minimum absolute atomic E-state index is 0.0476. The Hall–Kier alpha value is -2.08. The van der Waals surface area contributed by atoms with Gasteiger partial charge in [-0.25, -0.2) is 0 Å². The van der Waals surface area contributed by atoms with Gasteiger partial charge in [-0.2, -0.15) is 0 Å². The van der Waals surface area contributed by atoms with Crippen LogP contribution in [-0.2, 0) is 4.79 Å². The zero-order valence-corrected chi connectivity index (χ0v) is 15.0. The van der Waals surface area contributed by atoms with Crippen LogP contribution in [0.5, 0.6) is 0 Å². The number of carbonyl (C=O) groups excluding carboxylic acids is 3. The van der Waals surface area contributed by atoms with Gasteiger partial charge in [0, 0.05) is 23.0 Å². The molecule has 25 heavy (non-hydrogen) atoms. The summed E-state index contributed by atoms with van der Waals surface area (Å²) < 4.78 is 0. The average Bonchev–Trinajstić information content (AvgIpc) is 2.80. The number of carbonyl (C=O) groups is 3. The van der Waals surface area contributed by atoms with Gasteiger partial charge in [0.1, 0.15) is 0 Å². The molecule has 2 aromatic carbocycles. The van der Waals surface area contributed by atoms with E-state index in [0.717, 1.165) is 4.90 Å². The van der Waals surface area contributed by atoms with Gasteiger partial charge in [0.05, 0.1) is 21.8 Å². The topological polar surface area (TPSA) is 66.5 Å². The SMILES string of the molecule is O=C(CCN1C(=O)c2ccc(Cl)cc2C1=O)Nc1cc(Cl)ccc1Cl. The molecule has 3 amide bonds. The number of imide groups is 1. The molecule has 0 saturated carbocycles. The second kappa shape index (κ2) is 7.04. The van der Waals surface area contributed by atoms with E-state index in [9.17, 15) is 14.4 Å². The van der Waals surface area contributed by atoms with Crippen molar-refractivity contribution >= 4 is 58.2 Å². The largest absolute Gasteiger partial charge is 0.325 e. The molecule has 0 unspecified atom stereocenters. The first-order valence-corrected chi connectivity index (χ1v) is 8.41. The number of hydrogen-bond acceptors (Lipinski definition) is 3. The third-order valence-electron chi connectivity index (χ3n) is 3.70. The Balaban J connectivity index is 1.66. The van der Waals surface area contributed by atoms with Crippen LogP contribution in [0.1, 0.15) is 27.1 Å². The van der Waals surface area contributed by atoms with E-state index in [1.807, 2.05) is 0 Å². The third-order valence-corrected chi connectivity index (χ3v) is 4.50. The number of hydrogen-bond donors (Lipinski definition) is 1. The van der Waals surface area contributed by atoms with Crippen molar-refractivity contribution in [1.29, 1.82) is 0 Å². The van der Waals surface area contributed by atoms with Gasteiger partial charge in [0.2, 0.25) is 5.91 Å². The van der Waals surface area contributed by atoms with Crippen LogP contribution in [0.3, 0.4) is 0 Å². The minimum Gasteiger partial charge on any atom is -0.325 e. The van der Waals surface area contributed by atoms with Crippen molar-refractivity contribution in [3.63, 3.8) is 0 Å². The molecule has 3 rings (SSSR count). The van der Waals surface area contributed by atoms with Gasteiger partial charge in [-0.15, -0.1) is 0 Å². The van der Waals surface area contributed by atoms with Crippen molar-refractivity contribution in [3.05, 3.63) is 62.6 Å². The monoisotopic (exact) mass is 396 g/mol. The number of benzene rings is 2. The molecule has 8 heteroatoms. The maximum Gasteiger partial charge on any atom is 0.261 e. The fourth-order valence-electron chi connectivity index (χ4n) is 2.49. The van der Waals surface area contributed by atoms with Crippen LogP contribution >= 0.6 is 34.8 Å². The fourth-order valence-corrected chi connectivity index (χ4v) is 2.99. The highest BCUT2D eigenvalue weighted by molar-refractivity contribution is 6.35. The number of nitrogens with one attached hydrogen (secondary N) is 1. The maximum absolute atomic E-state index is 12.3. The zero-order chi connectivity index (χ0) is 18.1. The average molecular weight is 398 g/mol. The Morgan fingerprint density at radius 1 is 0.920 bits per heavy atom. The van der Waals surface area contributed by atoms with Crippen LogP contribution in [0.2, 0.25) is 15.1 Å². The molecule has 128 valence electrons. The van der Waals surface area contributed by atoms with Crippen LogP contribution in [0.25, 0.3) is 0 Å². The van der Waals surface area contributed by atoms with E-state index in [2.05, 4.69) is 5.32 Å². The summed E-state index contributed by atoms with van der Waals surface area (Å²) in [5.74, 6) is -1.29. The first-order chi connectivity index (χ1) is 11.9. The molecule has 1 N–H and O–H groups in total. The number of fused-ring (bicyclic) bond motifs is 1. The van der Waals surface area contributed by atoms with Crippen LogP contribution < -0.4 is 5.32 Å². The molecule has 0 aliphatic carbocycles. The van der Waals surface area contributed by atoms with Crippen molar-refractivity contribution in [3.8, 4) is 0 Å². The van der Waals surface area contributed by atoms with Crippen molar-refractivity contribution in [1.82, 2.24) is 4.90 Å². The van der Waals surface area contributed by atoms with Gasteiger partial charge in [-0.3, -0.25) is 19.3 Å². The maximum atomic E-state index is 12.3. The Morgan fingerprint density at radius 2 is 1.56 bits per heavy atom. The quantitative estimate of drug-likeness (QED) is 0.783. The summed E-state index contributed by atoms with van der Waals surface area (Å²) in [6.07, 6.45) is -0.0674. The second-order valence-electron chi connectivity index (χ2n) is 5.37. The molecule has 0 saturated heterocycles. The molecule has 0 atom stereocenters. The number of amides is 3. The number of halogens is 3. The summed E-state index contributed by atoms with van der Waals surface area (Å²) in [5, 5.41) is 3.75. The molecule has 0 bridgehead atoms. The minimum atomic E-state index is -0.462. The molecular formula is C17H11Cl3N2O3. The van der Waals surface area contributed by atoms with Gasteiger partial charge < -0.3 is 5.32 Å². The molecule has 1 aliphatic rings. The number of nitrogens with zero attached hydrogens (tertiary/aromatic N) is 1. The number of rotatable bonds is 4. The molecule has 2 aromatic rings. The molecule has 0 fully saturated rings. The molecule has 1 aliphatic heterocycles. The van der Waals surface area contributed by atoms with Crippen molar-refractivity contribution in [2.45, 2.75) is 6.42 Å². The van der Waals surface area contributed by atoms with Crippen LogP contribution in [0.4, 0.5) is 5.69 Å². The first kappa shape index (κ1) is 17.7. The second-order valence-corrected chi connectivity index (χ2v) is 6.65. The van der Waals surface area contributed by atoms with Crippen molar-refractivity contribution in [2.75, 3.05) is 11.9 Å². The van der Waals surface area contributed by atoms with E-state index in [4.69, 9.17) is 34.8 Å². The van der Waals surface area contributed by atoms with Crippen LogP contribution in [0.15, 0.2) is 36.4 Å². The lowest BCUT2D eigenvalue weighted by atomic mass is 10.1. The lowest BCUT2D eigenvalue weighted by Crippen LogP contribution is -2.32. The van der Waals surface area contributed by atoms with Gasteiger partial charge in [-0.1, -0.05) is 34.8 Å². The Morgan fingerprint density at radius 3 is 2.32 bits per heavy atom. The van der Waals surface area contributed by atoms with Gasteiger partial charge in [-0.05, 0) is 36.4 Å². The predicted octanol–water partition coefficient (Wildman–Crippen LogP) is 4.27. The first-order valence-electron chi connectivity index (χ1n) is 7.27. The normalized spacial score (nSPS) is 13.2. The van der Waals surface area contributed by atoms with Crippen LogP contribution in [0, 0.1) is 0 Å². The van der Waals surface area contributed by atoms with Crippen molar-refractivity contribution < 1.29 is 14.4 Å². The van der Waals surface area contributed by atoms with E-state index in [-0.39, 0.29) is 24.1 Å². The summed E-state index contributed by atoms with van der Waals surface area (Å²) in [6.45, 7) is -0.0476. The molecule has 0 aromatic heterocycles. The third kappa shape index (κ3) is 3.63. The molecule has 5 nitrogen and oxygen atoms in total. The summed E-state index contributed by atoms with van der Waals surface area (Å²) in [6, 6.07) is 9.18. The van der Waals surface area contributed by atoms with E-state index in [0.29, 0.717) is 20.8 Å². The summed E-state index contributed by atoms with van der Waals surface area (Å²) in [4.78, 5) is 37.7. The zero-order valence-electron chi connectivity index (χ0n) is 12.7. The predicted molar refractivity (Wildman–Crippen MR) is 96.5 cm³/mol. The van der Waals surface area contributed by atoms with Gasteiger partial charge >= 0.3 is 0 Å². The highest BCUT2D eigenvalue weighted by Crippen LogP contribution is 2.27. The fraction of sp³-hybridized carbons (Fsp3) is 0.118. The summed E-state index contributed by atoms with van der Waals surface area (Å²) >= 11 is 17.7. The van der Waals surface area contributed by atoms with Gasteiger partial charge in [0.15, 0.2) is 0 Å². The molecule has 0 spiro atoms.